The zero-order valence-corrected chi connectivity index (χ0v) is 27.1. The van der Waals surface area contributed by atoms with Crippen LogP contribution in [0.4, 0.5) is 0 Å². The second-order valence-electron chi connectivity index (χ2n) is 11.6. The van der Waals surface area contributed by atoms with Crippen LogP contribution in [0.3, 0.4) is 0 Å². The van der Waals surface area contributed by atoms with Crippen molar-refractivity contribution in [2.24, 2.45) is 7.05 Å². The first kappa shape index (κ1) is 31.6. The molecule has 1 fully saturated rings. The number of nitrogens with zero attached hydrogens (tertiary/aromatic N) is 5. The van der Waals surface area contributed by atoms with E-state index in [0.29, 0.717) is 24.2 Å². The topological polar surface area (TPSA) is 124 Å². The maximum atomic E-state index is 13.0. The average Bonchev–Trinajstić information content (AvgIpc) is 3.57. The molecule has 2 N–H and O–H groups in total. The highest BCUT2D eigenvalue weighted by Gasteiger charge is 2.32. The predicted molar refractivity (Wildman–Crippen MR) is 183 cm³/mol. The zero-order chi connectivity index (χ0) is 32.9. The van der Waals surface area contributed by atoms with Crippen LogP contribution in [0.15, 0.2) is 115 Å². The van der Waals surface area contributed by atoms with Gasteiger partial charge >= 0.3 is 0 Å². The number of benzene rings is 4. The first-order valence-corrected chi connectivity index (χ1v) is 16.7. The van der Waals surface area contributed by atoms with Gasteiger partial charge in [0.15, 0.2) is 11.4 Å². The number of carbonyl (C=O) groups excluding carboxylic acids is 1. The molecule has 4 aromatic carbocycles. The molecule has 1 aliphatic heterocycles. The Balaban J connectivity index is 1.07. The highest BCUT2D eigenvalue weighted by Crippen LogP contribution is 2.40. The number of carbonyl (C=O) groups is 1. The molecule has 0 spiro atoms. The number of hydrogen-bond acceptors (Lipinski definition) is 9. The van der Waals surface area contributed by atoms with Gasteiger partial charge in [-0.25, -0.2) is 4.98 Å². The van der Waals surface area contributed by atoms with E-state index in [1.807, 2.05) is 96.5 Å². The number of ether oxygens (including phenoxy) is 2. The highest BCUT2D eigenvalue weighted by molar-refractivity contribution is 7.99. The molecular weight excluding hydrogens is 625 g/mol. The van der Waals surface area contributed by atoms with E-state index in [1.54, 1.807) is 18.1 Å². The van der Waals surface area contributed by atoms with Gasteiger partial charge < -0.3 is 24.5 Å². The Labute approximate surface area is 282 Å². The molecule has 242 valence electrons. The third kappa shape index (κ3) is 7.14. The van der Waals surface area contributed by atoms with Crippen molar-refractivity contribution in [3.8, 4) is 11.1 Å². The van der Waals surface area contributed by atoms with E-state index in [9.17, 15) is 9.90 Å². The maximum absolute atomic E-state index is 13.0. The fourth-order valence-electron chi connectivity index (χ4n) is 5.70. The quantitative estimate of drug-likeness (QED) is 0.166. The summed E-state index contributed by atoms with van der Waals surface area (Å²) in [6.45, 7) is 0.331. The van der Waals surface area contributed by atoms with Crippen molar-refractivity contribution < 1.29 is 19.4 Å². The first-order valence-electron chi connectivity index (χ1n) is 15.7. The molecule has 2 aromatic heterocycles. The second kappa shape index (κ2) is 14.4. The van der Waals surface area contributed by atoms with E-state index in [1.165, 1.54) is 6.20 Å². The number of amides is 1. The van der Waals surface area contributed by atoms with Gasteiger partial charge in [-0.15, -0.1) is 10.2 Å². The lowest BCUT2D eigenvalue weighted by molar-refractivity contribution is -0.245. The van der Waals surface area contributed by atoms with Crippen LogP contribution in [-0.2, 0) is 29.7 Å². The summed E-state index contributed by atoms with van der Waals surface area (Å²) in [5.41, 5.74) is 7.50. The molecule has 6 aromatic rings. The fraction of sp³-hybridized carbons (Fsp3) is 0.216. The van der Waals surface area contributed by atoms with Crippen LogP contribution in [0.25, 0.3) is 22.2 Å². The van der Waals surface area contributed by atoms with Gasteiger partial charge in [-0.3, -0.25) is 9.78 Å². The minimum atomic E-state index is -0.571. The largest absolute Gasteiger partial charge is 0.392 e. The molecule has 1 aliphatic rings. The van der Waals surface area contributed by atoms with E-state index in [4.69, 9.17) is 9.47 Å². The summed E-state index contributed by atoms with van der Waals surface area (Å²) in [5.74, 6) is 0.414. The summed E-state index contributed by atoms with van der Waals surface area (Å²) < 4.78 is 14.9. The first-order chi connectivity index (χ1) is 23.5. The van der Waals surface area contributed by atoms with Crippen molar-refractivity contribution >= 4 is 28.7 Å². The summed E-state index contributed by atoms with van der Waals surface area (Å²) in [7, 11) is 1.93. The number of para-hydroxylation sites is 2. The molecule has 0 aliphatic carbocycles. The minimum absolute atomic E-state index is 0.00447. The Morgan fingerprint density at radius 3 is 2.46 bits per heavy atom. The van der Waals surface area contributed by atoms with Gasteiger partial charge in [-0.1, -0.05) is 96.7 Å². The van der Waals surface area contributed by atoms with Gasteiger partial charge in [0, 0.05) is 31.3 Å². The van der Waals surface area contributed by atoms with Crippen LogP contribution in [0, 0.1) is 0 Å². The maximum Gasteiger partial charge on any atom is 0.271 e. The smallest absolute Gasteiger partial charge is 0.271 e. The summed E-state index contributed by atoms with van der Waals surface area (Å²) in [6, 6.07) is 31.5. The van der Waals surface area contributed by atoms with E-state index in [2.05, 4.69) is 37.6 Å². The molecule has 1 saturated heterocycles. The van der Waals surface area contributed by atoms with E-state index in [-0.39, 0.29) is 30.4 Å². The summed E-state index contributed by atoms with van der Waals surface area (Å²) in [6.07, 6.45) is 3.03. The molecule has 10 nitrogen and oxygen atoms in total. The van der Waals surface area contributed by atoms with Crippen molar-refractivity contribution in [2.75, 3.05) is 5.75 Å². The molecule has 0 bridgehead atoms. The lowest BCUT2D eigenvalue weighted by Gasteiger charge is -2.36. The van der Waals surface area contributed by atoms with E-state index in [0.717, 1.165) is 44.1 Å². The van der Waals surface area contributed by atoms with Crippen LogP contribution in [-0.4, -0.2) is 47.6 Å². The number of aryl methyl sites for hydroxylation is 1. The Hall–Kier alpha value is -4.94. The van der Waals surface area contributed by atoms with Crippen LogP contribution in [0.2, 0.25) is 0 Å². The average molecular weight is 659 g/mol. The van der Waals surface area contributed by atoms with Crippen molar-refractivity contribution in [3.63, 3.8) is 0 Å². The molecule has 11 heteroatoms. The molecule has 7 rings (SSSR count). The third-order valence-corrected chi connectivity index (χ3v) is 9.48. The van der Waals surface area contributed by atoms with Gasteiger partial charge in [0.2, 0.25) is 0 Å². The lowest BCUT2D eigenvalue weighted by atomic mass is 9.97. The molecule has 3 atom stereocenters. The molecule has 1 amide bonds. The Bertz CT molecular complexity index is 2020. The Kier molecular flexibility index (Phi) is 9.53. The van der Waals surface area contributed by atoms with Gasteiger partial charge in [-0.2, -0.15) is 0 Å². The number of aromatic nitrogens is 5. The predicted octanol–water partition coefficient (Wildman–Crippen LogP) is 6.19. The summed E-state index contributed by atoms with van der Waals surface area (Å²) in [5, 5.41) is 21.5. The molecule has 0 unspecified atom stereocenters. The fourth-order valence-corrected chi connectivity index (χ4v) is 6.61. The van der Waals surface area contributed by atoms with Crippen LogP contribution >= 0.6 is 11.8 Å². The Morgan fingerprint density at radius 1 is 0.938 bits per heavy atom. The highest BCUT2D eigenvalue weighted by atomic mass is 32.2. The lowest BCUT2D eigenvalue weighted by Crippen LogP contribution is -2.31. The summed E-state index contributed by atoms with van der Waals surface area (Å²) in [4.78, 5) is 21.8. The minimum Gasteiger partial charge on any atom is -0.392 e. The van der Waals surface area contributed by atoms with Gasteiger partial charge in [0.1, 0.15) is 12.0 Å². The van der Waals surface area contributed by atoms with Gasteiger partial charge in [0.25, 0.3) is 5.91 Å². The monoisotopic (exact) mass is 658 g/mol. The number of nitrogens with one attached hydrogen (secondary N) is 1. The van der Waals surface area contributed by atoms with Crippen molar-refractivity contribution in [2.45, 2.75) is 43.2 Å². The number of aliphatic hydroxyl groups excluding tert-OH is 1. The standard InChI is InChI=1S/C37H34N6O4S/c1-43-23-40-42-37(43)48-22-29-18-34(26-12-10-24(21-44)11-13-26)47-36(46-29)27-16-14-25(15-17-27)30-7-3-2-6-28(30)19-39-35(45)33-20-38-31-8-4-5-9-32(31)41-33/h2-17,20,23,29,34,36,44H,18-19,21-22H2,1H3,(H,39,45)/t29-,34+,36+/m0/s1. The normalized spacial score (nSPS) is 17.8. The molecule has 0 saturated carbocycles. The molecule has 3 heterocycles. The summed E-state index contributed by atoms with van der Waals surface area (Å²) >= 11 is 1.61. The second-order valence-corrected chi connectivity index (χ2v) is 12.6. The van der Waals surface area contributed by atoms with Crippen molar-refractivity contribution in [1.82, 2.24) is 30.0 Å². The van der Waals surface area contributed by atoms with Crippen LogP contribution < -0.4 is 5.32 Å². The third-order valence-electron chi connectivity index (χ3n) is 8.31. The van der Waals surface area contributed by atoms with Crippen molar-refractivity contribution in [3.05, 3.63) is 138 Å². The zero-order valence-electron chi connectivity index (χ0n) is 26.3. The van der Waals surface area contributed by atoms with E-state index >= 15 is 0 Å². The molecular formula is C37H34N6O4S. The number of fused-ring (bicyclic) bond motifs is 1. The molecule has 48 heavy (non-hydrogen) atoms. The van der Waals surface area contributed by atoms with Crippen LogP contribution in [0.5, 0.6) is 0 Å². The van der Waals surface area contributed by atoms with Gasteiger partial charge in [0.05, 0.1) is 36.0 Å². The number of thioether (sulfide) groups is 1. The number of rotatable bonds is 10. The SMILES string of the molecule is Cn1cnnc1SC[C@@H]1C[C@H](c2ccc(CO)cc2)O[C@H](c2ccc(-c3ccccc3CNC(=O)c3cnc4ccccc4n3)cc2)O1. The van der Waals surface area contributed by atoms with Crippen molar-refractivity contribution in [1.29, 1.82) is 0 Å². The Morgan fingerprint density at radius 2 is 1.69 bits per heavy atom. The van der Waals surface area contributed by atoms with Gasteiger partial charge in [-0.05, 0) is 39.9 Å². The number of hydrogen-bond donors (Lipinski definition) is 2. The van der Waals surface area contributed by atoms with Crippen LogP contribution in [0.1, 0.15) is 51.6 Å². The molecule has 0 radical (unpaired) electrons. The van der Waals surface area contributed by atoms with E-state index < -0.39 is 6.29 Å². The number of aliphatic hydroxyl groups is 1.